The van der Waals surface area contributed by atoms with Crippen LogP contribution in [0.25, 0.3) is 4.91 Å². The van der Waals surface area contributed by atoms with Crippen molar-refractivity contribution in [2.75, 3.05) is 0 Å². The minimum atomic E-state index is -4.42. The van der Waals surface area contributed by atoms with Gasteiger partial charge >= 0.3 is 6.18 Å². The molecule has 5 N–H and O–H groups in total. The highest BCUT2D eigenvalue weighted by molar-refractivity contribution is 8.09. The molecule has 3 unspecified atom stereocenters. The number of aromatic amines is 1. The summed E-state index contributed by atoms with van der Waals surface area (Å²) in [5, 5.41) is 0.597. The van der Waals surface area contributed by atoms with Crippen molar-refractivity contribution in [1.29, 1.82) is 0 Å². The van der Waals surface area contributed by atoms with Crippen LogP contribution in [0.15, 0.2) is 17.7 Å². The zero-order chi connectivity index (χ0) is 20.7. The Morgan fingerprint density at radius 3 is 2.50 bits per heavy atom. The van der Waals surface area contributed by atoms with E-state index in [4.69, 9.17) is 11.5 Å². The van der Waals surface area contributed by atoms with Crippen molar-refractivity contribution in [2.24, 2.45) is 11.5 Å². The number of allylic oxidation sites excluding steroid dienone is 1. The maximum atomic E-state index is 12.7. The van der Waals surface area contributed by atoms with Crippen LogP contribution in [0.5, 0.6) is 0 Å². The van der Waals surface area contributed by atoms with Gasteiger partial charge in [-0.05, 0) is 38.3 Å². The average Bonchev–Trinajstić information content (AvgIpc) is 3.23. The summed E-state index contributed by atoms with van der Waals surface area (Å²) in [6.45, 7) is 4.37. The van der Waals surface area contributed by atoms with Crippen LogP contribution in [-0.4, -0.2) is 22.5 Å². The molecule has 0 saturated heterocycles. The number of nitrogens with one attached hydrogen (secondary N) is 1. The maximum Gasteiger partial charge on any atom is 0.403 e. The molecule has 3 nitrogen and oxygen atoms in total. The van der Waals surface area contributed by atoms with Crippen molar-refractivity contribution in [1.82, 2.24) is 4.98 Å². The molecule has 28 heavy (non-hydrogen) atoms. The molecule has 0 fully saturated rings. The molecule has 0 saturated carbocycles. The fourth-order valence-electron chi connectivity index (χ4n) is 3.64. The van der Waals surface area contributed by atoms with Gasteiger partial charge in [0.15, 0.2) is 0 Å². The Kier molecular flexibility index (Phi) is 8.96. The molecule has 0 radical (unpaired) electrons. The third-order valence-corrected chi connectivity index (χ3v) is 6.91. The van der Waals surface area contributed by atoms with Gasteiger partial charge in [0.1, 0.15) is 6.04 Å². The van der Waals surface area contributed by atoms with Crippen molar-refractivity contribution in [3.63, 3.8) is 0 Å². The van der Waals surface area contributed by atoms with E-state index in [-0.39, 0.29) is 6.42 Å². The Balaban J connectivity index is 1.84. The molecule has 1 aromatic rings. The highest BCUT2D eigenvalue weighted by Crippen LogP contribution is 2.45. The normalized spacial score (nSPS) is 20.0. The topological polar surface area (TPSA) is 67.8 Å². The lowest BCUT2D eigenvalue weighted by Crippen LogP contribution is -2.39. The maximum absolute atomic E-state index is 12.7. The molecule has 0 amide bonds. The first kappa shape index (κ1) is 23.4. The predicted molar refractivity (Wildman–Crippen MR) is 113 cm³/mol. The van der Waals surface area contributed by atoms with Gasteiger partial charge in [0.25, 0.3) is 0 Å². The molecule has 0 spiro atoms. The van der Waals surface area contributed by atoms with Crippen LogP contribution in [0.1, 0.15) is 89.1 Å². The molecule has 7 heteroatoms. The van der Waals surface area contributed by atoms with Crippen LogP contribution in [0.4, 0.5) is 13.2 Å². The second kappa shape index (κ2) is 10.7. The minimum absolute atomic E-state index is 0.324. The summed E-state index contributed by atoms with van der Waals surface area (Å²) in [7, 11) is 0. The second-order valence-electron chi connectivity index (χ2n) is 7.93. The number of thioether (sulfide) groups is 1. The molecule has 160 valence electrons. The van der Waals surface area contributed by atoms with Gasteiger partial charge in [-0.15, -0.1) is 11.8 Å². The highest BCUT2D eigenvalue weighted by Gasteiger charge is 2.37. The van der Waals surface area contributed by atoms with Crippen LogP contribution in [-0.2, 0) is 0 Å². The lowest BCUT2D eigenvalue weighted by Gasteiger charge is -2.19. The number of halogens is 3. The largest absolute Gasteiger partial charge is 0.403 e. The smallest absolute Gasteiger partial charge is 0.357 e. The molecule has 1 aliphatic rings. The third kappa shape index (κ3) is 6.85. The Bertz CT molecular complexity index is 639. The Morgan fingerprint density at radius 1 is 1.14 bits per heavy atom. The quantitative estimate of drug-likeness (QED) is 0.371. The number of nitrogens with two attached hydrogens (primary N) is 2. The van der Waals surface area contributed by atoms with Crippen molar-refractivity contribution in [2.45, 2.75) is 95.1 Å². The van der Waals surface area contributed by atoms with Gasteiger partial charge in [-0.2, -0.15) is 13.2 Å². The monoisotopic (exact) mass is 417 g/mol. The molecule has 0 aromatic carbocycles. The fraction of sp³-hybridized carbons (Fsp3) is 0.714. The van der Waals surface area contributed by atoms with Gasteiger partial charge in [0.2, 0.25) is 0 Å². The van der Waals surface area contributed by atoms with Crippen molar-refractivity contribution < 1.29 is 13.2 Å². The van der Waals surface area contributed by atoms with E-state index in [0.717, 1.165) is 12.1 Å². The van der Waals surface area contributed by atoms with Crippen molar-refractivity contribution in [3.05, 3.63) is 29.1 Å². The van der Waals surface area contributed by atoms with Gasteiger partial charge < -0.3 is 16.5 Å². The third-order valence-electron chi connectivity index (χ3n) is 5.37. The van der Waals surface area contributed by atoms with E-state index < -0.39 is 18.3 Å². The van der Waals surface area contributed by atoms with E-state index in [2.05, 4.69) is 18.8 Å². The van der Waals surface area contributed by atoms with Gasteiger partial charge in [-0.3, -0.25) is 0 Å². The molecule has 0 aliphatic carbocycles. The Labute approximate surface area is 170 Å². The molecule has 1 aromatic heterocycles. The molecule has 0 bridgehead atoms. The number of aromatic nitrogens is 1. The molecule has 2 heterocycles. The van der Waals surface area contributed by atoms with E-state index in [1.54, 1.807) is 6.07 Å². The SMILES string of the molecule is CCCCCCCCC1CC(C)=C(c2ccc(C(N)CC(N)C(F)(F)F)[nH]2)S1. The highest BCUT2D eigenvalue weighted by atomic mass is 32.2. The first-order valence-corrected chi connectivity index (χ1v) is 11.2. The van der Waals surface area contributed by atoms with E-state index in [1.165, 1.54) is 55.4 Å². The summed E-state index contributed by atoms with van der Waals surface area (Å²) in [6.07, 6.45) is 5.36. The summed E-state index contributed by atoms with van der Waals surface area (Å²) in [5.41, 5.74) is 14.1. The summed E-state index contributed by atoms with van der Waals surface area (Å²) in [6, 6.07) is 1.05. The van der Waals surface area contributed by atoms with Crippen LogP contribution in [0.3, 0.4) is 0 Å². The predicted octanol–water partition coefficient (Wildman–Crippen LogP) is 6.28. The number of hydrogen-bond donors (Lipinski definition) is 3. The van der Waals surface area contributed by atoms with E-state index in [1.807, 2.05) is 17.8 Å². The number of rotatable bonds is 11. The lowest BCUT2D eigenvalue weighted by atomic mass is 10.0. The van der Waals surface area contributed by atoms with Crippen molar-refractivity contribution >= 4 is 16.7 Å². The number of alkyl halides is 3. The summed E-state index contributed by atoms with van der Waals surface area (Å²) in [4.78, 5) is 4.44. The van der Waals surface area contributed by atoms with Gasteiger partial charge in [-0.25, -0.2) is 0 Å². The molecule has 1 aliphatic heterocycles. The standard InChI is InChI=1S/C21H34F3N3S/c1-3-4-5-6-7-8-9-15-12-14(2)20(28-15)18-11-10-17(27-18)16(25)13-19(26)21(22,23)24/h10-11,15-16,19,27H,3-9,12-13,25-26H2,1-2H3. The number of H-pyrrole nitrogens is 1. The van der Waals surface area contributed by atoms with Crippen LogP contribution in [0, 0.1) is 0 Å². The Morgan fingerprint density at radius 2 is 1.82 bits per heavy atom. The molecular formula is C21H34F3N3S. The van der Waals surface area contributed by atoms with Crippen LogP contribution < -0.4 is 11.5 Å². The summed E-state index contributed by atoms with van der Waals surface area (Å²) in [5.74, 6) is 0. The average molecular weight is 418 g/mol. The zero-order valence-electron chi connectivity index (χ0n) is 16.9. The lowest BCUT2D eigenvalue weighted by molar-refractivity contribution is -0.149. The van der Waals surface area contributed by atoms with E-state index in [9.17, 15) is 13.2 Å². The van der Waals surface area contributed by atoms with Crippen LogP contribution in [0.2, 0.25) is 0 Å². The van der Waals surface area contributed by atoms with Crippen molar-refractivity contribution in [3.8, 4) is 0 Å². The zero-order valence-corrected chi connectivity index (χ0v) is 17.8. The number of unbranched alkanes of at least 4 members (excludes halogenated alkanes) is 5. The number of hydrogen-bond acceptors (Lipinski definition) is 3. The summed E-state index contributed by atoms with van der Waals surface area (Å²) >= 11 is 1.89. The molecular weight excluding hydrogens is 383 g/mol. The van der Waals surface area contributed by atoms with Gasteiger partial charge in [-0.1, -0.05) is 51.0 Å². The molecule has 2 rings (SSSR count). The second-order valence-corrected chi connectivity index (χ2v) is 9.24. The van der Waals surface area contributed by atoms with E-state index in [0.29, 0.717) is 10.9 Å². The fourth-order valence-corrected chi connectivity index (χ4v) is 5.13. The Hall–Kier alpha value is -0.920. The van der Waals surface area contributed by atoms with Gasteiger partial charge in [0, 0.05) is 21.9 Å². The minimum Gasteiger partial charge on any atom is -0.357 e. The first-order chi connectivity index (χ1) is 13.2. The van der Waals surface area contributed by atoms with E-state index >= 15 is 0 Å². The summed E-state index contributed by atoms with van der Waals surface area (Å²) < 4.78 is 38.0. The van der Waals surface area contributed by atoms with Crippen LogP contribution >= 0.6 is 11.8 Å². The van der Waals surface area contributed by atoms with Gasteiger partial charge in [0.05, 0.1) is 5.69 Å². The first-order valence-electron chi connectivity index (χ1n) is 10.4. The molecule has 3 atom stereocenters.